The van der Waals surface area contributed by atoms with Gasteiger partial charge < -0.3 is 9.73 Å². The van der Waals surface area contributed by atoms with Crippen molar-refractivity contribution in [3.8, 4) is 0 Å². The van der Waals surface area contributed by atoms with E-state index in [-0.39, 0.29) is 12.3 Å². The van der Waals surface area contributed by atoms with Crippen molar-refractivity contribution in [3.63, 3.8) is 0 Å². The third-order valence-corrected chi connectivity index (χ3v) is 2.18. The molecule has 2 rings (SSSR count). The highest BCUT2D eigenvalue weighted by molar-refractivity contribution is 5.79. The summed E-state index contributed by atoms with van der Waals surface area (Å²) < 4.78 is 5.42. The molecule has 1 N–H and O–H groups in total. The van der Waals surface area contributed by atoms with Crippen molar-refractivity contribution < 1.29 is 9.21 Å². The van der Waals surface area contributed by atoms with Gasteiger partial charge in [0.05, 0.1) is 0 Å². The van der Waals surface area contributed by atoms with Gasteiger partial charge in [-0.3, -0.25) is 4.79 Å². The van der Waals surface area contributed by atoms with Crippen LogP contribution in [-0.2, 0) is 11.2 Å². The molecule has 0 radical (unpaired) electrons. The minimum atomic E-state index is -0.0988. The van der Waals surface area contributed by atoms with Gasteiger partial charge in [0.2, 0.25) is 11.8 Å². The van der Waals surface area contributed by atoms with E-state index in [9.17, 15) is 4.79 Å². The minimum Gasteiger partial charge on any atom is -0.440 e. The Morgan fingerprint density at radius 2 is 2.33 bits per heavy atom. The number of hydrogen-bond donors (Lipinski definition) is 1. The van der Waals surface area contributed by atoms with E-state index in [1.807, 2.05) is 25.1 Å². The first-order valence-electron chi connectivity index (χ1n) is 4.75. The van der Waals surface area contributed by atoms with E-state index in [0.717, 1.165) is 16.7 Å². The van der Waals surface area contributed by atoms with Gasteiger partial charge in [-0.1, -0.05) is 6.07 Å². The zero-order valence-electron chi connectivity index (χ0n) is 8.70. The summed E-state index contributed by atoms with van der Waals surface area (Å²) >= 11 is 0. The summed E-state index contributed by atoms with van der Waals surface area (Å²) in [7, 11) is 1.59. The summed E-state index contributed by atoms with van der Waals surface area (Å²) in [6.07, 6.45) is 0.185. The van der Waals surface area contributed by atoms with E-state index < -0.39 is 0 Å². The van der Waals surface area contributed by atoms with Crippen molar-refractivity contribution in [2.45, 2.75) is 13.3 Å². The lowest BCUT2D eigenvalue weighted by atomic mass is 10.2. The maximum atomic E-state index is 11.1. The van der Waals surface area contributed by atoms with Crippen LogP contribution in [0.25, 0.3) is 11.1 Å². The zero-order valence-corrected chi connectivity index (χ0v) is 8.70. The highest BCUT2D eigenvalue weighted by Crippen LogP contribution is 2.16. The number of fused-ring (bicyclic) bond motifs is 1. The Hall–Kier alpha value is -1.84. The van der Waals surface area contributed by atoms with E-state index in [0.29, 0.717) is 5.89 Å². The molecular formula is C11H12N2O2. The molecule has 0 aliphatic carbocycles. The smallest absolute Gasteiger partial charge is 0.229 e. The molecule has 78 valence electrons. The Kier molecular flexibility index (Phi) is 2.41. The van der Waals surface area contributed by atoms with Crippen LogP contribution in [0.3, 0.4) is 0 Å². The van der Waals surface area contributed by atoms with Crippen molar-refractivity contribution in [3.05, 3.63) is 29.7 Å². The molecule has 0 fully saturated rings. The maximum absolute atomic E-state index is 11.1. The average molecular weight is 204 g/mol. The van der Waals surface area contributed by atoms with Gasteiger partial charge in [-0.2, -0.15) is 0 Å². The molecule has 1 amide bonds. The molecule has 0 spiro atoms. The lowest BCUT2D eigenvalue weighted by Crippen LogP contribution is -2.19. The second-order valence-corrected chi connectivity index (χ2v) is 3.43. The van der Waals surface area contributed by atoms with Crippen LogP contribution in [0.15, 0.2) is 22.6 Å². The molecule has 4 heteroatoms. The van der Waals surface area contributed by atoms with Gasteiger partial charge in [-0.25, -0.2) is 4.98 Å². The first-order chi connectivity index (χ1) is 7.19. The second kappa shape index (κ2) is 3.73. The van der Waals surface area contributed by atoms with Gasteiger partial charge in [-0.05, 0) is 24.6 Å². The third-order valence-electron chi connectivity index (χ3n) is 2.18. The number of carbonyl (C=O) groups is 1. The number of amides is 1. The molecule has 0 saturated heterocycles. The average Bonchev–Trinajstić information content (AvgIpc) is 2.59. The number of rotatable bonds is 2. The Balaban J connectivity index is 2.34. The zero-order chi connectivity index (χ0) is 10.8. The number of carbonyl (C=O) groups excluding carboxylic acids is 1. The Morgan fingerprint density at radius 1 is 1.53 bits per heavy atom. The van der Waals surface area contributed by atoms with Gasteiger partial charge in [0, 0.05) is 7.05 Å². The van der Waals surface area contributed by atoms with E-state index in [1.165, 1.54) is 0 Å². The molecule has 1 aromatic heterocycles. The molecule has 2 aromatic rings. The van der Waals surface area contributed by atoms with Crippen LogP contribution in [0.2, 0.25) is 0 Å². The van der Waals surface area contributed by atoms with Crippen LogP contribution in [-0.4, -0.2) is 17.9 Å². The van der Waals surface area contributed by atoms with E-state index in [2.05, 4.69) is 10.3 Å². The highest BCUT2D eigenvalue weighted by atomic mass is 16.3. The van der Waals surface area contributed by atoms with E-state index in [1.54, 1.807) is 7.05 Å². The molecule has 0 bridgehead atoms. The van der Waals surface area contributed by atoms with Crippen LogP contribution < -0.4 is 5.32 Å². The highest BCUT2D eigenvalue weighted by Gasteiger charge is 2.09. The summed E-state index contributed by atoms with van der Waals surface area (Å²) in [5, 5.41) is 2.53. The third kappa shape index (κ3) is 1.98. The molecule has 1 aromatic carbocycles. The molecule has 0 unspecified atom stereocenters. The van der Waals surface area contributed by atoms with Gasteiger partial charge in [0.1, 0.15) is 11.9 Å². The Bertz CT molecular complexity index is 502. The normalized spacial score (nSPS) is 10.5. The minimum absolute atomic E-state index is 0.0988. The first-order valence-corrected chi connectivity index (χ1v) is 4.75. The van der Waals surface area contributed by atoms with E-state index >= 15 is 0 Å². The van der Waals surface area contributed by atoms with Crippen molar-refractivity contribution >= 4 is 17.0 Å². The molecule has 0 saturated carbocycles. The number of nitrogens with zero attached hydrogens (tertiary/aromatic N) is 1. The van der Waals surface area contributed by atoms with Gasteiger partial charge in [-0.15, -0.1) is 0 Å². The molecule has 0 aliphatic heterocycles. The van der Waals surface area contributed by atoms with Crippen LogP contribution in [0, 0.1) is 6.92 Å². The molecule has 0 atom stereocenters. The summed E-state index contributed by atoms with van der Waals surface area (Å²) in [5.74, 6) is 0.355. The summed E-state index contributed by atoms with van der Waals surface area (Å²) in [4.78, 5) is 15.3. The summed E-state index contributed by atoms with van der Waals surface area (Å²) in [5.41, 5.74) is 2.65. The molecule has 1 heterocycles. The molecule has 0 aliphatic rings. The number of nitrogens with one attached hydrogen (secondary N) is 1. The van der Waals surface area contributed by atoms with Crippen molar-refractivity contribution in [1.82, 2.24) is 10.3 Å². The lowest BCUT2D eigenvalue weighted by molar-refractivity contribution is -0.120. The van der Waals surface area contributed by atoms with Crippen LogP contribution in [0.1, 0.15) is 11.5 Å². The standard InChI is InChI=1S/C11H12N2O2/c1-7-3-4-9-8(5-7)13-11(15-9)6-10(14)12-2/h3-5H,6H2,1-2H3,(H,12,14). The number of aryl methyl sites for hydroxylation is 1. The van der Waals surface area contributed by atoms with Crippen LogP contribution in [0.4, 0.5) is 0 Å². The number of hydrogen-bond acceptors (Lipinski definition) is 3. The number of benzene rings is 1. The Labute approximate surface area is 87.3 Å². The number of likely N-dealkylation sites (N-methyl/N-ethyl adjacent to an activating group) is 1. The van der Waals surface area contributed by atoms with Crippen molar-refractivity contribution in [1.29, 1.82) is 0 Å². The fourth-order valence-electron chi connectivity index (χ4n) is 1.39. The molecular weight excluding hydrogens is 192 g/mol. The number of aromatic nitrogens is 1. The number of oxazole rings is 1. The predicted molar refractivity (Wildman–Crippen MR) is 56.5 cm³/mol. The van der Waals surface area contributed by atoms with Crippen molar-refractivity contribution in [2.75, 3.05) is 7.05 Å². The quantitative estimate of drug-likeness (QED) is 0.805. The lowest BCUT2D eigenvalue weighted by Gasteiger charge is -1.92. The van der Waals surface area contributed by atoms with Crippen LogP contribution >= 0.6 is 0 Å². The van der Waals surface area contributed by atoms with Crippen LogP contribution in [0.5, 0.6) is 0 Å². The predicted octanol–water partition coefficient (Wildman–Crippen LogP) is 1.42. The molecule has 4 nitrogen and oxygen atoms in total. The fourth-order valence-corrected chi connectivity index (χ4v) is 1.39. The largest absolute Gasteiger partial charge is 0.440 e. The van der Waals surface area contributed by atoms with Gasteiger partial charge >= 0.3 is 0 Å². The summed E-state index contributed by atoms with van der Waals surface area (Å²) in [6.45, 7) is 1.99. The second-order valence-electron chi connectivity index (χ2n) is 3.43. The Morgan fingerprint density at radius 3 is 3.07 bits per heavy atom. The topological polar surface area (TPSA) is 55.1 Å². The first kappa shape index (κ1) is 9.71. The summed E-state index contributed by atoms with van der Waals surface area (Å²) in [6, 6.07) is 5.76. The van der Waals surface area contributed by atoms with Gasteiger partial charge in [0.15, 0.2) is 5.58 Å². The van der Waals surface area contributed by atoms with Gasteiger partial charge in [0.25, 0.3) is 0 Å². The van der Waals surface area contributed by atoms with E-state index in [4.69, 9.17) is 4.42 Å². The SMILES string of the molecule is CNC(=O)Cc1nc2cc(C)ccc2o1. The maximum Gasteiger partial charge on any atom is 0.229 e. The fraction of sp³-hybridized carbons (Fsp3) is 0.273. The molecule has 15 heavy (non-hydrogen) atoms. The van der Waals surface area contributed by atoms with Crippen molar-refractivity contribution in [2.24, 2.45) is 0 Å². The monoisotopic (exact) mass is 204 g/mol.